The first-order chi connectivity index (χ1) is 10.2. The first-order valence-corrected chi connectivity index (χ1v) is 8.35. The van der Waals surface area contributed by atoms with E-state index in [1.807, 2.05) is 5.38 Å². The number of thiazole rings is 1. The Morgan fingerprint density at radius 3 is 3.05 bits per heavy atom. The van der Waals surface area contributed by atoms with Gasteiger partial charge in [-0.05, 0) is 32.2 Å². The van der Waals surface area contributed by atoms with E-state index < -0.39 is 0 Å². The molecule has 2 aliphatic rings. The molecule has 7 heteroatoms. The van der Waals surface area contributed by atoms with Crippen molar-refractivity contribution in [3.8, 4) is 0 Å². The lowest BCUT2D eigenvalue weighted by atomic mass is 10.1. The number of hydrogen-bond donors (Lipinski definition) is 2. The number of amides is 2. The number of nitrogens with one attached hydrogen (secondary N) is 2. The maximum absolute atomic E-state index is 12.4. The Bertz CT molecular complexity index is 499. The van der Waals surface area contributed by atoms with Crippen molar-refractivity contribution in [1.29, 1.82) is 0 Å². The van der Waals surface area contributed by atoms with Crippen molar-refractivity contribution in [1.82, 2.24) is 15.2 Å². The second-order valence-corrected chi connectivity index (χ2v) is 6.46. The summed E-state index contributed by atoms with van der Waals surface area (Å²) in [6.07, 6.45) is 5.97. The third-order valence-corrected chi connectivity index (χ3v) is 4.81. The molecule has 0 aromatic carbocycles. The molecule has 2 fully saturated rings. The Balaban J connectivity index is 1.58. The summed E-state index contributed by atoms with van der Waals surface area (Å²) in [7, 11) is 0. The lowest BCUT2D eigenvalue weighted by Gasteiger charge is -2.25. The van der Waals surface area contributed by atoms with E-state index in [2.05, 4.69) is 15.6 Å². The van der Waals surface area contributed by atoms with Crippen LogP contribution in [0.5, 0.6) is 0 Å². The molecule has 3 rings (SSSR count). The largest absolute Gasteiger partial charge is 0.331 e. The van der Waals surface area contributed by atoms with E-state index in [0.717, 1.165) is 32.2 Å². The number of carbonyl (C=O) groups excluding carboxylic acids is 2. The van der Waals surface area contributed by atoms with Crippen LogP contribution in [0, 0.1) is 0 Å². The van der Waals surface area contributed by atoms with Gasteiger partial charge in [0, 0.05) is 30.6 Å². The molecule has 1 aromatic heterocycles. The fourth-order valence-corrected chi connectivity index (χ4v) is 3.60. The lowest BCUT2D eigenvalue weighted by molar-refractivity contribution is -0.137. The molecular formula is C14H20N4O2S. The number of carbonyl (C=O) groups is 2. The van der Waals surface area contributed by atoms with E-state index in [4.69, 9.17) is 0 Å². The van der Waals surface area contributed by atoms with Crippen LogP contribution in [0.3, 0.4) is 0 Å². The smallest absolute Gasteiger partial charge is 0.248 e. The summed E-state index contributed by atoms with van der Waals surface area (Å²) in [5.41, 5.74) is 0. The zero-order valence-corrected chi connectivity index (χ0v) is 12.7. The van der Waals surface area contributed by atoms with Crippen molar-refractivity contribution in [2.45, 2.75) is 44.2 Å². The molecule has 1 aromatic rings. The van der Waals surface area contributed by atoms with Crippen LogP contribution in [0.25, 0.3) is 0 Å². The maximum Gasteiger partial charge on any atom is 0.248 e. The molecule has 2 aliphatic heterocycles. The molecular weight excluding hydrogens is 288 g/mol. The molecule has 6 nitrogen and oxygen atoms in total. The molecule has 21 heavy (non-hydrogen) atoms. The van der Waals surface area contributed by atoms with Crippen LogP contribution in [0.1, 0.15) is 32.1 Å². The average molecular weight is 308 g/mol. The topological polar surface area (TPSA) is 74.3 Å². The minimum Gasteiger partial charge on any atom is -0.331 e. The summed E-state index contributed by atoms with van der Waals surface area (Å²) in [6, 6.07) is -0.0661. The summed E-state index contributed by atoms with van der Waals surface area (Å²) in [5, 5.41) is 8.55. The van der Waals surface area contributed by atoms with Crippen LogP contribution < -0.4 is 10.6 Å². The molecule has 2 atom stereocenters. The highest BCUT2D eigenvalue weighted by Crippen LogP contribution is 2.22. The summed E-state index contributed by atoms with van der Waals surface area (Å²) < 4.78 is 0. The molecule has 0 radical (unpaired) electrons. The number of likely N-dealkylation sites (tertiary alicyclic amines) is 1. The maximum atomic E-state index is 12.4. The Morgan fingerprint density at radius 2 is 2.33 bits per heavy atom. The van der Waals surface area contributed by atoms with Gasteiger partial charge in [0.15, 0.2) is 5.13 Å². The van der Waals surface area contributed by atoms with Gasteiger partial charge in [-0.1, -0.05) is 0 Å². The highest BCUT2D eigenvalue weighted by Gasteiger charge is 2.35. The molecule has 2 N–H and O–H groups in total. The van der Waals surface area contributed by atoms with Crippen LogP contribution in [-0.4, -0.2) is 46.9 Å². The monoisotopic (exact) mass is 308 g/mol. The first kappa shape index (κ1) is 14.5. The molecule has 0 spiro atoms. The van der Waals surface area contributed by atoms with Crippen LogP contribution >= 0.6 is 11.3 Å². The summed E-state index contributed by atoms with van der Waals surface area (Å²) in [4.78, 5) is 30.5. The van der Waals surface area contributed by atoms with E-state index in [1.165, 1.54) is 11.3 Å². The van der Waals surface area contributed by atoms with Gasteiger partial charge in [0.25, 0.3) is 0 Å². The molecule has 2 unspecified atom stereocenters. The van der Waals surface area contributed by atoms with Gasteiger partial charge in [-0.2, -0.15) is 0 Å². The molecule has 0 aliphatic carbocycles. The van der Waals surface area contributed by atoms with E-state index >= 15 is 0 Å². The summed E-state index contributed by atoms with van der Waals surface area (Å²) in [5.74, 6) is -0.0265. The van der Waals surface area contributed by atoms with E-state index in [1.54, 1.807) is 11.1 Å². The molecule has 0 saturated carbocycles. The Labute approximate surface area is 127 Å². The van der Waals surface area contributed by atoms with Crippen molar-refractivity contribution in [3.05, 3.63) is 11.6 Å². The quantitative estimate of drug-likeness (QED) is 0.877. The second kappa shape index (κ2) is 6.53. The zero-order chi connectivity index (χ0) is 14.7. The standard InChI is InChI=1S/C14H20N4O2S/c19-12(9-10-3-1-5-15-10)18-7-2-4-11(18)13(20)17-14-16-6-8-21-14/h6,8,10-11,15H,1-5,7,9H2,(H,16,17,20). The van der Waals surface area contributed by atoms with E-state index in [0.29, 0.717) is 18.1 Å². The van der Waals surface area contributed by atoms with Crippen LogP contribution in [0.2, 0.25) is 0 Å². The Hall–Kier alpha value is -1.47. The number of anilines is 1. The third kappa shape index (κ3) is 3.41. The van der Waals surface area contributed by atoms with E-state index in [9.17, 15) is 9.59 Å². The second-order valence-electron chi connectivity index (χ2n) is 5.57. The SMILES string of the molecule is O=C(Nc1nccs1)C1CCCN1C(=O)CC1CCCN1. The normalized spacial score (nSPS) is 25.2. The molecule has 0 bridgehead atoms. The first-order valence-electron chi connectivity index (χ1n) is 7.47. The van der Waals surface area contributed by atoms with Crippen LogP contribution in [-0.2, 0) is 9.59 Å². The van der Waals surface area contributed by atoms with Crippen LogP contribution in [0.4, 0.5) is 5.13 Å². The summed E-state index contributed by atoms with van der Waals surface area (Å²) >= 11 is 1.39. The van der Waals surface area contributed by atoms with Gasteiger partial charge < -0.3 is 15.5 Å². The van der Waals surface area contributed by atoms with Gasteiger partial charge >= 0.3 is 0 Å². The van der Waals surface area contributed by atoms with Crippen molar-refractivity contribution in [3.63, 3.8) is 0 Å². The lowest BCUT2D eigenvalue weighted by Crippen LogP contribution is -2.44. The van der Waals surface area contributed by atoms with Gasteiger partial charge in [0.2, 0.25) is 11.8 Å². The number of rotatable bonds is 4. The van der Waals surface area contributed by atoms with E-state index in [-0.39, 0.29) is 23.9 Å². The number of hydrogen-bond acceptors (Lipinski definition) is 5. The van der Waals surface area contributed by atoms with Crippen molar-refractivity contribution in [2.75, 3.05) is 18.4 Å². The number of aromatic nitrogens is 1. The third-order valence-electron chi connectivity index (χ3n) is 4.12. The van der Waals surface area contributed by atoms with Gasteiger partial charge in [-0.25, -0.2) is 4.98 Å². The predicted octanol–water partition coefficient (Wildman–Crippen LogP) is 1.21. The fourth-order valence-electron chi connectivity index (χ4n) is 3.07. The van der Waals surface area contributed by atoms with Crippen molar-refractivity contribution in [2.24, 2.45) is 0 Å². The Morgan fingerprint density at radius 1 is 1.43 bits per heavy atom. The Kier molecular flexibility index (Phi) is 4.50. The zero-order valence-electron chi connectivity index (χ0n) is 11.9. The van der Waals surface area contributed by atoms with Gasteiger partial charge in [-0.15, -0.1) is 11.3 Å². The highest BCUT2D eigenvalue weighted by molar-refractivity contribution is 7.13. The highest BCUT2D eigenvalue weighted by atomic mass is 32.1. The van der Waals surface area contributed by atoms with Gasteiger partial charge in [0.05, 0.1) is 0 Å². The minimum atomic E-state index is -0.345. The number of nitrogens with zero attached hydrogens (tertiary/aromatic N) is 2. The molecule has 114 valence electrons. The molecule has 2 saturated heterocycles. The van der Waals surface area contributed by atoms with Gasteiger partial charge in [0.1, 0.15) is 6.04 Å². The summed E-state index contributed by atoms with van der Waals surface area (Å²) in [6.45, 7) is 1.67. The van der Waals surface area contributed by atoms with Crippen molar-refractivity contribution >= 4 is 28.3 Å². The van der Waals surface area contributed by atoms with Crippen molar-refractivity contribution < 1.29 is 9.59 Å². The molecule has 2 amide bonds. The minimum absolute atomic E-state index is 0.0891. The molecule has 3 heterocycles. The van der Waals surface area contributed by atoms with Crippen LogP contribution in [0.15, 0.2) is 11.6 Å². The fraction of sp³-hybridized carbons (Fsp3) is 0.643. The van der Waals surface area contributed by atoms with Gasteiger partial charge in [-0.3, -0.25) is 9.59 Å². The average Bonchev–Trinajstić information content (AvgIpc) is 3.20. The predicted molar refractivity (Wildman–Crippen MR) is 81.1 cm³/mol.